The van der Waals surface area contributed by atoms with Crippen LogP contribution in [-0.4, -0.2) is 18.7 Å². The molecule has 0 atom stereocenters. The van der Waals surface area contributed by atoms with Gasteiger partial charge in [0.25, 0.3) is 5.91 Å². The zero-order valence-corrected chi connectivity index (χ0v) is 18.1. The second-order valence-corrected chi connectivity index (χ2v) is 7.35. The Bertz CT molecular complexity index is 985. The molecule has 1 N–H and O–H groups in total. The van der Waals surface area contributed by atoms with E-state index in [4.69, 9.17) is 21.1 Å². The van der Waals surface area contributed by atoms with E-state index in [9.17, 15) is 4.79 Å². The summed E-state index contributed by atoms with van der Waals surface area (Å²) in [7, 11) is 0. The summed E-state index contributed by atoms with van der Waals surface area (Å²) in [5.41, 5.74) is 4.91. The second kappa shape index (κ2) is 11.8. The maximum Gasteiger partial charge on any atom is 0.271 e. The van der Waals surface area contributed by atoms with Gasteiger partial charge in [0.2, 0.25) is 0 Å². The van der Waals surface area contributed by atoms with Crippen molar-refractivity contribution in [3.63, 3.8) is 0 Å². The molecule has 160 valence electrons. The average Bonchev–Trinajstić information content (AvgIpc) is 2.80. The predicted molar refractivity (Wildman–Crippen MR) is 124 cm³/mol. The molecular formula is C25H25ClN2O3. The Kier molecular flexibility index (Phi) is 8.49. The molecule has 31 heavy (non-hydrogen) atoms. The van der Waals surface area contributed by atoms with Gasteiger partial charge in [0, 0.05) is 10.6 Å². The van der Waals surface area contributed by atoms with Gasteiger partial charge in [-0.05, 0) is 78.2 Å². The molecule has 0 aromatic heterocycles. The highest BCUT2D eigenvalue weighted by Gasteiger charge is 2.05. The standard InChI is InChI=1S/C25H25ClN2O3/c1-2-3-16-30-23-12-6-19(7-13-23)17-27-28-25(29)21-8-14-24(15-9-21)31-18-20-4-10-22(26)11-5-20/h4-15,17H,2-3,16,18H2,1H3,(H,28,29)/b27-17+. The average molecular weight is 437 g/mol. The van der Waals surface area contributed by atoms with Crippen molar-refractivity contribution in [2.45, 2.75) is 26.4 Å². The van der Waals surface area contributed by atoms with Crippen molar-refractivity contribution in [2.75, 3.05) is 6.61 Å². The number of benzene rings is 3. The minimum atomic E-state index is -0.292. The van der Waals surface area contributed by atoms with E-state index < -0.39 is 0 Å². The van der Waals surface area contributed by atoms with Gasteiger partial charge in [0.15, 0.2) is 0 Å². The molecule has 1 amide bonds. The topological polar surface area (TPSA) is 59.9 Å². The summed E-state index contributed by atoms with van der Waals surface area (Å²) in [4.78, 5) is 12.3. The van der Waals surface area contributed by atoms with Crippen molar-refractivity contribution in [1.29, 1.82) is 0 Å². The second-order valence-electron chi connectivity index (χ2n) is 6.91. The van der Waals surface area contributed by atoms with Crippen LogP contribution < -0.4 is 14.9 Å². The summed E-state index contributed by atoms with van der Waals surface area (Å²) in [6, 6.07) is 21.9. The van der Waals surface area contributed by atoms with Crippen LogP contribution in [0.4, 0.5) is 0 Å². The SMILES string of the molecule is CCCCOc1ccc(/C=N/NC(=O)c2ccc(OCc3ccc(Cl)cc3)cc2)cc1. The van der Waals surface area contributed by atoms with E-state index in [2.05, 4.69) is 17.5 Å². The highest BCUT2D eigenvalue weighted by atomic mass is 35.5. The third-order valence-electron chi connectivity index (χ3n) is 4.46. The number of halogens is 1. The minimum Gasteiger partial charge on any atom is -0.494 e. The smallest absolute Gasteiger partial charge is 0.271 e. The van der Waals surface area contributed by atoms with Crippen molar-refractivity contribution in [3.8, 4) is 11.5 Å². The lowest BCUT2D eigenvalue weighted by Crippen LogP contribution is -2.17. The lowest BCUT2D eigenvalue weighted by molar-refractivity contribution is 0.0955. The molecule has 0 radical (unpaired) electrons. The largest absolute Gasteiger partial charge is 0.494 e. The van der Waals surface area contributed by atoms with Gasteiger partial charge < -0.3 is 9.47 Å². The molecule has 3 aromatic carbocycles. The number of nitrogens with one attached hydrogen (secondary N) is 1. The van der Waals surface area contributed by atoms with Gasteiger partial charge in [-0.3, -0.25) is 4.79 Å². The summed E-state index contributed by atoms with van der Waals surface area (Å²) >= 11 is 5.88. The van der Waals surface area contributed by atoms with E-state index in [0.29, 0.717) is 29.5 Å². The summed E-state index contributed by atoms with van der Waals surface area (Å²) in [5.74, 6) is 1.21. The Hall–Kier alpha value is -3.31. The third-order valence-corrected chi connectivity index (χ3v) is 4.71. The number of amides is 1. The van der Waals surface area contributed by atoms with Crippen LogP contribution in [0, 0.1) is 0 Å². The molecule has 0 bridgehead atoms. The van der Waals surface area contributed by atoms with E-state index in [-0.39, 0.29) is 5.91 Å². The summed E-state index contributed by atoms with van der Waals surface area (Å²) in [6.07, 6.45) is 3.73. The normalized spacial score (nSPS) is 10.8. The Balaban J connectivity index is 1.46. The van der Waals surface area contributed by atoms with Crippen molar-refractivity contribution < 1.29 is 14.3 Å². The molecule has 5 nitrogen and oxygen atoms in total. The maximum absolute atomic E-state index is 12.3. The molecule has 0 unspecified atom stereocenters. The zero-order chi connectivity index (χ0) is 21.9. The van der Waals surface area contributed by atoms with Crippen LogP contribution in [0.1, 0.15) is 41.3 Å². The fraction of sp³-hybridized carbons (Fsp3) is 0.200. The molecule has 0 spiro atoms. The lowest BCUT2D eigenvalue weighted by Gasteiger charge is -2.07. The molecule has 0 aliphatic carbocycles. The number of hydrazone groups is 1. The van der Waals surface area contributed by atoms with Gasteiger partial charge in [-0.1, -0.05) is 37.1 Å². The first-order chi connectivity index (χ1) is 15.1. The molecule has 3 rings (SSSR count). The number of carbonyl (C=O) groups is 1. The Morgan fingerprint density at radius 1 is 0.935 bits per heavy atom. The Labute approximate surface area is 187 Å². The van der Waals surface area contributed by atoms with Crippen molar-refractivity contribution in [2.24, 2.45) is 5.10 Å². The molecule has 0 saturated carbocycles. The molecule has 0 fully saturated rings. The molecule has 0 aliphatic heterocycles. The van der Waals surface area contributed by atoms with Crippen LogP contribution in [0.2, 0.25) is 5.02 Å². The van der Waals surface area contributed by atoms with E-state index in [1.165, 1.54) is 0 Å². The first-order valence-corrected chi connectivity index (χ1v) is 10.6. The van der Waals surface area contributed by atoms with Crippen LogP contribution in [-0.2, 0) is 6.61 Å². The summed E-state index contributed by atoms with van der Waals surface area (Å²) in [5, 5.41) is 4.71. The number of unbranched alkanes of at least 4 members (excludes halogenated alkanes) is 1. The third kappa shape index (κ3) is 7.46. The van der Waals surface area contributed by atoms with Crippen LogP contribution in [0.15, 0.2) is 77.9 Å². The van der Waals surface area contributed by atoms with Crippen LogP contribution in [0.3, 0.4) is 0 Å². The molecule has 0 saturated heterocycles. The van der Waals surface area contributed by atoms with E-state index in [0.717, 1.165) is 29.7 Å². The minimum absolute atomic E-state index is 0.292. The molecule has 0 aliphatic rings. The van der Waals surface area contributed by atoms with E-state index in [1.54, 1.807) is 30.5 Å². The highest BCUT2D eigenvalue weighted by molar-refractivity contribution is 6.30. The number of hydrogen-bond acceptors (Lipinski definition) is 4. The van der Waals surface area contributed by atoms with Gasteiger partial charge in [-0.15, -0.1) is 0 Å². The summed E-state index contributed by atoms with van der Waals surface area (Å²) in [6.45, 7) is 3.27. The highest BCUT2D eigenvalue weighted by Crippen LogP contribution is 2.16. The molecule has 0 heterocycles. The van der Waals surface area contributed by atoms with E-state index in [1.807, 2.05) is 48.5 Å². The number of carbonyl (C=O) groups excluding carboxylic acids is 1. The fourth-order valence-corrected chi connectivity index (χ4v) is 2.79. The number of hydrogen-bond donors (Lipinski definition) is 1. The first-order valence-electron chi connectivity index (χ1n) is 10.2. The van der Waals surface area contributed by atoms with E-state index >= 15 is 0 Å². The summed E-state index contributed by atoms with van der Waals surface area (Å²) < 4.78 is 11.4. The fourth-order valence-electron chi connectivity index (χ4n) is 2.66. The monoisotopic (exact) mass is 436 g/mol. The predicted octanol–water partition coefficient (Wildman–Crippen LogP) is 5.86. The van der Waals surface area contributed by atoms with Crippen LogP contribution in [0.5, 0.6) is 11.5 Å². The number of ether oxygens (including phenoxy) is 2. The van der Waals surface area contributed by atoms with Crippen LogP contribution in [0.25, 0.3) is 0 Å². The quantitative estimate of drug-likeness (QED) is 0.246. The zero-order valence-electron chi connectivity index (χ0n) is 17.4. The molecule has 6 heteroatoms. The first kappa shape index (κ1) is 22.4. The van der Waals surface area contributed by atoms with Crippen molar-refractivity contribution in [1.82, 2.24) is 5.43 Å². The maximum atomic E-state index is 12.3. The number of nitrogens with zero attached hydrogens (tertiary/aromatic N) is 1. The number of rotatable bonds is 10. The van der Waals surface area contributed by atoms with Crippen molar-refractivity contribution >= 4 is 23.7 Å². The van der Waals surface area contributed by atoms with Crippen LogP contribution >= 0.6 is 11.6 Å². The lowest BCUT2D eigenvalue weighted by atomic mass is 10.2. The molecular weight excluding hydrogens is 412 g/mol. The van der Waals surface area contributed by atoms with Crippen molar-refractivity contribution in [3.05, 3.63) is 94.5 Å². The Morgan fingerprint density at radius 2 is 1.58 bits per heavy atom. The van der Waals surface area contributed by atoms with Gasteiger partial charge >= 0.3 is 0 Å². The molecule has 3 aromatic rings. The van der Waals surface area contributed by atoms with Gasteiger partial charge in [0.05, 0.1) is 12.8 Å². The Morgan fingerprint density at radius 3 is 2.26 bits per heavy atom. The van der Waals surface area contributed by atoms with Gasteiger partial charge in [-0.2, -0.15) is 5.10 Å². The van der Waals surface area contributed by atoms with Gasteiger partial charge in [0.1, 0.15) is 18.1 Å². The van der Waals surface area contributed by atoms with Gasteiger partial charge in [-0.25, -0.2) is 5.43 Å².